The maximum atomic E-state index is 12.9. The maximum absolute atomic E-state index is 12.9. The Balaban J connectivity index is 1.93. The highest BCUT2D eigenvalue weighted by atomic mass is 16.2. The van der Waals surface area contributed by atoms with Crippen molar-refractivity contribution in [3.63, 3.8) is 0 Å². The lowest BCUT2D eigenvalue weighted by Crippen LogP contribution is -2.30. The van der Waals surface area contributed by atoms with Crippen molar-refractivity contribution in [2.75, 3.05) is 6.54 Å². The number of nitrogens with zero attached hydrogens (tertiary/aromatic N) is 2. The fourth-order valence-electron chi connectivity index (χ4n) is 2.58. The van der Waals surface area contributed by atoms with Crippen molar-refractivity contribution < 1.29 is 4.79 Å². The summed E-state index contributed by atoms with van der Waals surface area (Å²) in [5, 5.41) is 0.904. The molecular formula is C19H18N2O. The van der Waals surface area contributed by atoms with Gasteiger partial charge in [0, 0.05) is 24.7 Å². The Bertz CT molecular complexity index is 778. The molecule has 0 radical (unpaired) electrons. The lowest BCUT2D eigenvalue weighted by molar-refractivity contribution is 0.0754. The fourth-order valence-corrected chi connectivity index (χ4v) is 2.58. The normalized spacial score (nSPS) is 10.6. The molecule has 1 heterocycles. The summed E-state index contributed by atoms with van der Waals surface area (Å²) >= 11 is 0. The molecular weight excluding hydrogens is 272 g/mol. The largest absolute Gasteiger partial charge is 0.335 e. The fraction of sp³-hybridized carbons (Fsp3) is 0.158. The molecule has 3 rings (SSSR count). The van der Waals surface area contributed by atoms with Crippen LogP contribution in [0.3, 0.4) is 0 Å². The molecule has 0 unspecified atom stereocenters. The van der Waals surface area contributed by atoms with Gasteiger partial charge in [-0.2, -0.15) is 0 Å². The van der Waals surface area contributed by atoms with Crippen LogP contribution in [-0.4, -0.2) is 22.3 Å². The molecule has 0 aliphatic carbocycles. The van der Waals surface area contributed by atoms with Crippen LogP contribution in [0.5, 0.6) is 0 Å². The maximum Gasteiger partial charge on any atom is 0.254 e. The van der Waals surface area contributed by atoms with Gasteiger partial charge in [-0.25, -0.2) is 0 Å². The van der Waals surface area contributed by atoms with Crippen LogP contribution in [0.25, 0.3) is 10.9 Å². The highest BCUT2D eigenvalue weighted by molar-refractivity contribution is 6.05. The molecule has 3 nitrogen and oxygen atoms in total. The lowest BCUT2D eigenvalue weighted by Gasteiger charge is -2.21. The zero-order valence-corrected chi connectivity index (χ0v) is 12.6. The van der Waals surface area contributed by atoms with Crippen molar-refractivity contribution in [1.82, 2.24) is 9.88 Å². The molecule has 3 aromatic rings. The van der Waals surface area contributed by atoms with Gasteiger partial charge >= 0.3 is 0 Å². The van der Waals surface area contributed by atoms with E-state index in [1.165, 1.54) is 0 Å². The van der Waals surface area contributed by atoms with E-state index in [9.17, 15) is 4.79 Å². The Morgan fingerprint density at radius 3 is 2.50 bits per heavy atom. The first-order valence-corrected chi connectivity index (χ1v) is 7.46. The smallest absolute Gasteiger partial charge is 0.254 e. The summed E-state index contributed by atoms with van der Waals surface area (Å²) in [5.41, 5.74) is 2.70. The number of carbonyl (C=O) groups excluding carboxylic acids is 1. The van der Waals surface area contributed by atoms with Crippen molar-refractivity contribution in [3.05, 3.63) is 78.0 Å². The molecule has 0 saturated carbocycles. The monoisotopic (exact) mass is 290 g/mol. The number of fused-ring (bicyclic) bond motifs is 1. The Labute approximate surface area is 130 Å². The van der Waals surface area contributed by atoms with Gasteiger partial charge in [0.05, 0.1) is 11.1 Å². The van der Waals surface area contributed by atoms with Gasteiger partial charge in [0.25, 0.3) is 5.91 Å². The van der Waals surface area contributed by atoms with E-state index in [0.29, 0.717) is 18.7 Å². The third kappa shape index (κ3) is 2.84. The number of aromatic nitrogens is 1. The third-order valence-corrected chi connectivity index (χ3v) is 3.76. The Kier molecular flexibility index (Phi) is 4.15. The number of rotatable bonds is 4. The predicted octanol–water partition coefficient (Wildman–Crippen LogP) is 3.90. The predicted molar refractivity (Wildman–Crippen MR) is 88.6 cm³/mol. The summed E-state index contributed by atoms with van der Waals surface area (Å²) in [4.78, 5) is 19.1. The van der Waals surface area contributed by atoms with Crippen LogP contribution in [0.2, 0.25) is 0 Å². The van der Waals surface area contributed by atoms with Gasteiger partial charge in [0.2, 0.25) is 0 Å². The highest BCUT2D eigenvalue weighted by Gasteiger charge is 2.17. The molecule has 0 fully saturated rings. The van der Waals surface area contributed by atoms with Crippen LogP contribution in [0.15, 0.2) is 66.9 Å². The molecule has 0 N–H and O–H groups in total. The first-order chi connectivity index (χ1) is 10.8. The summed E-state index contributed by atoms with van der Waals surface area (Å²) in [6.07, 6.45) is 1.70. The van der Waals surface area contributed by atoms with Crippen LogP contribution in [0.1, 0.15) is 22.8 Å². The number of amides is 1. The van der Waals surface area contributed by atoms with Gasteiger partial charge in [-0.1, -0.05) is 48.5 Å². The van der Waals surface area contributed by atoms with E-state index in [1.54, 1.807) is 12.3 Å². The molecule has 110 valence electrons. The van der Waals surface area contributed by atoms with E-state index in [2.05, 4.69) is 4.98 Å². The highest BCUT2D eigenvalue weighted by Crippen LogP contribution is 2.19. The van der Waals surface area contributed by atoms with Crippen molar-refractivity contribution in [2.24, 2.45) is 0 Å². The summed E-state index contributed by atoms with van der Waals surface area (Å²) in [6, 6.07) is 19.6. The van der Waals surface area contributed by atoms with Crippen LogP contribution >= 0.6 is 0 Å². The zero-order chi connectivity index (χ0) is 15.4. The molecule has 2 aromatic carbocycles. The number of pyridine rings is 1. The van der Waals surface area contributed by atoms with E-state index in [-0.39, 0.29) is 5.91 Å². The number of hydrogen-bond donors (Lipinski definition) is 0. The van der Waals surface area contributed by atoms with E-state index >= 15 is 0 Å². The molecule has 1 aromatic heterocycles. The summed E-state index contributed by atoms with van der Waals surface area (Å²) < 4.78 is 0. The molecule has 1 amide bonds. The minimum absolute atomic E-state index is 0.0463. The number of hydrogen-bond acceptors (Lipinski definition) is 2. The van der Waals surface area contributed by atoms with Gasteiger partial charge in [0.1, 0.15) is 0 Å². The van der Waals surface area contributed by atoms with Crippen LogP contribution < -0.4 is 0 Å². The second kappa shape index (κ2) is 6.39. The molecule has 0 bridgehead atoms. The molecule has 0 atom stereocenters. The van der Waals surface area contributed by atoms with Gasteiger partial charge < -0.3 is 4.90 Å². The first kappa shape index (κ1) is 14.3. The van der Waals surface area contributed by atoms with Crippen molar-refractivity contribution in [2.45, 2.75) is 13.5 Å². The molecule has 3 heteroatoms. The average Bonchev–Trinajstić information content (AvgIpc) is 2.59. The number of para-hydroxylation sites is 1. The third-order valence-electron chi connectivity index (χ3n) is 3.76. The van der Waals surface area contributed by atoms with Crippen molar-refractivity contribution in [1.29, 1.82) is 0 Å². The van der Waals surface area contributed by atoms with Gasteiger partial charge in [-0.15, -0.1) is 0 Å². The Morgan fingerprint density at radius 2 is 1.73 bits per heavy atom. The van der Waals surface area contributed by atoms with E-state index in [0.717, 1.165) is 16.5 Å². The average molecular weight is 290 g/mol. The molecule has 0 aliphatic rings. The Hall–Kier alpha value is -2.68. The summed E-state index contributed by atoms with van der Waals surface area (Å²) in [7, 11) is 0. The van der Waals surface area contributed by atoms with Crippen LogP contribution in [-0.2, 0) is 6.54 Å². The molecule has 22 heavy (non-hydrogen) atoms. The van der Waals surface area contributed by atoms with Gasteiger partial charge in [-0.3, -0.25) is 9.78 Å². The molecule has 0 aliphatic heterocycles. The minimum Gasteiger partial charge on any atom is -0.335 e. The summed E-state index contributed by atoms with van der Waals surface area (Å²) in [5.74, 6) is 0.0463. The van der Waals surface area contributed by atoms with Crippen LogP contribution in [0, 0.1) is 0 Å². The second-order valence-electron chi connectivity index (χ2n) is 5.18. The van der Waals surface area contributed by atoms with Gasteiger partial charge in [0.15, 0.2) is 0 Å². The topological polar surface area (TPSA) is 33.2 Å². The first-order valence-electron chi connectivity index (χ1n) is 7.46. The minimum atomic E-state index is 0.0463. The van der Waals surface area contributed by atoms with E-state index in [4.69, 9.17) is 0 Å². The summed E-state index contributed by atoms with van der Waals surface area (Å²) in [6.45, 7) is 3.29. The Morgan fingerprint density at radius 1 is 1.00 bits per heavy atom. The quantitative estimate of drug-likeness (QED) is 0.730. The standard InChI is InChI=1S/C19H18N2O/c1-2-21(14-15-8-4-3-5-9-15)19(22)17-12-13-20-18-11-7-6-10-16(17)18/h3-13H,2,14H2,1H3. The molecule has 0 spiro atoms. The van der Waals surface area contributed by atoms with E-state index in [1.807, 2.05) is 66.4 Å². The van der Waals surface area contributed by atoms with Crippen molar-refractivity contribution >= 4 is 16.8 Å². The van der Waals surface area contributed by atoms with Gasteiger partial charge in [-0.05, 0) is 24.6 Å². The number of carbonyl (C=O) groups is 1. The van der Waals surface area contributed by atoms with Crippen molar-refractivity contribution in [3.8, 4) is 0 Å². The lowest BCUT2D eigenvalue weighted by atomic mass is 10.1. The van der Waals surface area contributed by atoms with E-state index < -0.39 is 0 Å². The molecule has 0 saturated heterocycles. The van der Waals surface area contributed by atoms with Crippen LogP contribution in [0.4, 0.5) is 0 Å². The second-order valence-corrected chi connectivity index (χ2v) is 5.18. The number of benzene rings is 2. The SMILES string of the molecule is CCN(Cc1ccccc1)C(=O)c1ccnc2ccccc12. The zero-order valence-electron chi connectivity index (χ0n) is 12.6.